The van der Waals surface area contributed by atoms with Crippen LogP contribution in [0.2, 0.25) is 0 Å². The fraction of sp³-hybridized carbons (Fsp3) is 0. The van der Waals surface area contributed by atoms with E-state index in [0.717, 1.165) is 0 Å². The first-order chi connectivity index (χ1) is 45.7. The average molecular weight is 1520 g/mol. The molecule has 0 nitrogen and oxygen atoms in total. The van der Waals surface area contributed by atoms with Crippen molar-refractivity contribution in [3.63, 3.8) is 0 Å². The third-order valence-corrected chi connectivity index (χ3v) is 27.1. The molecule has 0 spiro atoms. The third-order valence-electron chi connectivity index (χ3n) is 17.2. The maximum Gasteiger partial charge on any atom is 2.00 e. The maximum atomic E-state index is 2.42. The van der Waals surface area contributed by atoms with E-state index < -0.39 is 31.7 Å². The molecule has 16 aromatic rings. The van der Waals surface area contributed by atoms with Crippen LogP contribution in [0.4, 0.5) is 0 Å². The first kappa shape index (κ1) is 69.5. The van der Waals surface area contributed by atoms with Crippen molar-refractivity contribution in [1.29, 1.82) is 0 Å². The Morgan fingerprint density at radius 1 is 0.135 bits per heavy atom. The second-order valence-electron chi connectivity index (χ2n) is 22.7. The maximum absolute atomic E-state index is 2.42. The van der Waals surface area contributed by atoms with Crippen molar-refractivity contribution in [1.82, 2.24) is 0 Å². The zero-order valence-corrected chi connectivity index (χ0v) is 60.8. The molecule has 0 aliphatic carbocycles. The van der Waals surface area contributed by atoms with E-state index in [1.165, 1.54) is 129 Å². The standard InChI is InChI=1S/2C44H32P2.2ClH.2Ru/c2*1-5-19-35(20-6-1)45(36-21-7-2-8-22-36)41-31-29-33-17-13-15-27-39(33)43(41)44-40-28-16-14-18-34(40)30-32-42(44)46(37-23-9-3-10-24-37)38-25-11-4-12-26-38;;;;/h2*1-32H;2*1H;;/q;;;;2*+2/p-2. The molecule has 0 heterocycles. The van der Waals surface area contributed by atoms with Crippen LogP contribution in [0.3, 0.4) is 0 Å². The molecule has 0 bridgehead atoms. The second kappa shape index (κ2) is 32.9. The molecule has 96 heavy (non-hydrogen) atoms. The summed E-state index contributed by atoms with van der Waals surface area (Å²) in [6.45, 7) is 0. The van der Waals surface area contributed by atoms with E-state index in [2.05, 4.69) is 388 Å². The fourth-order valence-corrected chi connectivity index (χ4v) is 23.1. The third kappa shape index (κ3) is 14.4. The Hall–Kier alpha value is -7.89. The van der Waals surface area contributed by atoms with Crippen molar-refractivity contribution < 1.29 is 63.8 Å². The minimum absolute atomic E-state index is 0. The smallest absolute Gasteiger partial charge is 1.00 e. The number of hydrogen-bond acceptors (Lipinski definition) is 0. The van der Waals surface area contributed by atoms with Gasteiger partial charge in [-0.1, -0.05) is 388 Å². The van der Waals surface area contributed by atoms with Crippen LogP contribution >= 0.6 is 31.7 Å². The minimum Gasteiger partial charge on any atom is -1.00 e. The Kier molecular flexibility index (Phi) is 23.8. The predicted molar refractivity (Wildman–Crippen MR) is 409 cm³/mol. The molecule has 16 rings (SSSR count). The Morgan fingerprint density at radius 2 is 0.271 bits per heavy atom. The van der Waals surface area contributed by atoms with Crippen LogP contribution in [0.15, 0.2) is 388 Å². The van der Waals surface area contributed by atoms with Crippen LogP contribution in [0.25, 0.3) is 65.3 Å². The molecule has 0 aliphatic rings. The average Bonchev–Trinajstić information content (AvgIpc) is 0.740. The van der Waals surface area contributed by atoms with E-state index in [4.69, 9.17) is 0 Å². The van der Waals surface area contributed by atoms with Crippen LogP contribution < -0.4 is 88.5 Å². The molecule has 8 heteroatoms. The normalized spacial score (nSPS) is 11.0. The molecule has 464 valence electrons. The quantitative estimate of drug-likeness (QED) is 0.0752. The Bertz CT molecular complexity index is 4360. The fourth-order valence-electron chi connectivity index (χ4n) is 13.2. The van der Waals surface area contributed by atoms with Crippen molar-refractivity contribution >= 4 is 138 Å². The second-order valence-corrected chi connectivity index (χ2v) is 31.5. The zero-order chi connectivity index (χ0) is 61.4. The summed E-state index contributed by atoms with van der Waals surface area (Å²) in [7, 11) is -3.41. The topological polar surface area (TPSA) is 0 Å². The Morgan fingerprint density at radius 3 is 0.427 bits per heavy atom. The van der Waals surface area contributed by atoms with Gasteiger partial charge in [0.05, 0.1) is 0 Å². The van der Waals surface area contributed by atoms with Crippen LogP contribution in [-0.2, 0) is 39.0 Å². The van der Waals surface area contributed by atoms with Crippen molar-refractivity contribution in [3.05, 3.63) is 388 Å². The van der Waals surface area contributed by atoms with Crippen LogP contribution in [0.1, 0.15) is 0 Å². The van der Waals surface area contributed by atoms with Gasteiger partial charge in [-0.25, -0.2) is 0 Å². The number of benzene rings is 16. The van der Waals surface area contributed by atoms with E-state index in [0.29, 0.717) is 0 Å². The summed E-state index contributed by atoms with van der Waals surface area (Å²) in [5.74, 6) is 0. The minimum atomic E-state index is -0.852. The Labute approximate surface area is 607 Å². The molecule has 0 saturated carbocycles. The van der Waals surface area contributed by atoms with Gasteiger partial charge in [0, 0.05) is 0 Å². The van der Waals surface area contributed by atoms with Gasteiger partial charge in [0.2, 0.25) is 0 Å². The molecule has 0 radical (unpaired) electrons. The van der Waals surface area contributed by atoms with Crippen molar-refractivity contribution in [2.45, 2.75) is 0 Å². The molecular formula is C88H64Cl2P4Ru2+2. The molecule has 0 unspecified atom stereocenters. The van der Waals surface area contributed by atoms with Crippen molar-refractivity contribution in [2.75, 3.05) is 0 Å². The van der Waals surface area contributed by atoms with E-state index in [1.807, 2.05) is 0 Å². The molecule has 0 atom stereocenters. The first-order valence-electron chi connectivity index (χ1n) is 31.4. The molecule has 0 amide bonds. The molecule has 0 aromatic heterocycles. The SMILES string of the molecule is [Cl-].[Cl-].[Ru+2].[Ru+2].c1ccc(P(c2ccccc2)c2ccc3ccccc3c2-c2c(P(c3ccccc3)c3ccccc3)ccc3ccccc23)cc1.c1ccc(P(c2ccccc2)c2ccc3ccccc3c2-c2c(P(c3ccccc3)c3ccccc3)ccc3ccccc23)cc1. The number of rotatable bonds is 14. The monoisotopic (exact) mass is 1520 g/mol. The molecular weight excluding hydrogens is 1450 g/mol. The summed E-state index contributed by atoms with van der Waals surface area (Å²) in [6, 6.07) is 144. The number of hydrogen-bond donors (Lipinski definition) is 0. The zero-order valence-electron chi connectivity index (χ0n) is 52.2. The van der Waals surface area contributed by atoms with Gasteiger partial charge >= 0.3 is 39.0 Å². The van der Waals surface area contributed by atoms with E-state index >= 15 is 0 Å². The van der Waals surface area contributed by atoms with E-state index in [1.54, 1.807) is 0 Å². The van der Waals surface area contributed by atoms with Gasteiger partial charge in [-0.2, -0.15) is 0 Å². The van der Waals surface area contributed by atoms with Gasteiger partial charge in [-0.05, 0) is 161 Å². The molecule has 0 N–H and O–H groups in total. The molecule has 0 aliphatic heterocycles. The Balaban J connectivity index is 0.000000187. The van der Waals surface area contributed by atoms with Gasteiger partial charge < -0.3 is 24.8 Å². The summed E-state index contributed by atoms with van der Waals surface area (Å²) >= 11 is 0. The molecule has 0 fully saturated rings. The summed E-state index contributed by atoms with van der Waals surface area (Å²) in [5, 5.41) is 26.7. The summed E-state index contributed by atoms with van der Waals surface area (Å²) < 4.78 is 0. The summed E-state index contributed by atoms with van der Waals surface area (Å²) in [6.07, 6.45) is 0. The van der Waals surface area contributed by atoms with Gasteiger partial charge in [0.25, 0.3) is 0 Å². The molecule has 0 saturated heterocycles. The van der Waals surface area contributed by atoms with Gasteiger partial charge in [-0.15, -0.1) is 0 Å². The van der Waals surface area contributed by atoms with Crippen molar-refractivity contribution in [2.24, 2.45) is 0 Å². The van der Waals surface area contributed by atoms with Crippen molar-refractivity contribution in [3.8, 4) is 22.3 Å². The van der Waals surface area contributed by atoms with Gasteiger partial charge in [0.15, 0.2) is 0 Å². The summed E-state index contributed by atoms with van der Waals surface area (Å²) in [5.41, 5.74) is 5.40. The number of fused-ring (bicyclic) bond motifs is 4. The first-order valence-corrected chi connectivity index (χ1v) is 36.8. The van der Waals surface area contributed by atoms with Crippen LogP contribution in [0, 0.1) is 0 Å². The van der Waals surface area contributed by atoms with E-state index in [9.17, 15) is 0 Å². The van der Waals surface area contributed by atoms with Crippen LogP contribution in [0.5, 0.6) is 0 Å². The number of halogens is 2. The largest absolute Gasteiger partial charge is 2.00 e. The van der Waals surface area contributed by atoms with Gasteiger partial charge in [0.1, 0.15) is 0 Å². The van der Waals surface area contributed by atoms with Gasteiger partial charge in [-0.3, -0.25) is 0 Å². The van der Waals surface area contributed by atoms with E-state index in [-0.39, 0.29) is 63.8 Å². The predicted octanol–water partition coefficient (Wildman–Crippen LogP) is 12.4. The summed E-state index contributed by atoms with van der Waals surface area (Å²) in [4.78, 5) is 0. The van der Waals surface area contributed by atoms with Crippen LogP contribution in [-0.4, -0.2) is 0 Å². The molecule has 16 aromatic carbocycles.